The van der Waals surface area contributed by atoms with Crippen molar-refractivity contribution in [1.29, 1.82) is 0 Å². The van der Waals surface area contributed by atoms with Gasteiger partial charge in [0.15, 0.2) is 0 Å². The molecule has 2 aromatic carbocycles. The van der Waals surface area contributed by atoms with Gasteiger partial charge >= 0.3 is 0 Å². The van der Waals surface area contributed by atoms with Crippen LogP contribution in [0.2, 0.25) is 0 Å². The van der Waals surface area contributed by atoms with Crippen molar-refractivity contribution in [1.82, 2.24) is 0 Å². The number of allylic oxidation sites excluding steroid dienone is 3. The maximum absolute atomic E-state index is 3.76. The number of hydrogen-bond acceptors (Lipinski definition) is 0. The average molecular weight is 373 g/mol. The number of aryl methyl sites for hydroxylation is 1. The van der Waals surface area contributed by atoms with Gasteiger partial charge in [-0.15, -0.1) is 0 Å². The molecule has 3 rings (SSSR count). The van der Waals surface area contributed by atoms with Gasteiger partial charge in [0.2, 0.25) is 0 Å². The fourth-order valence-corrected chi connectivity index (χ4v) is 4.49. The van der Waals surface area contributed by atoms with Crippen LogP contribution in [0.5, 0.6) is 0 Å². The summed E-state index contributed by atoms with van der Waals surface area (Å²) in [6.07, 6.45) is 18.0. The minimum Gasteiger partial charge on any atom is -0.0991 e. The Morgan fingerprint density at radius 3 is 2.11 bits per heavy atom. The molecule has 0 unspecified atom stereocenters. The monoisotopic (exact) mass is 372 g/mol. The summed E-state index contributed by atoms with van der Waals surface area (Å²) in [6, 6.07) is 18.6. The van der Waals surface area contributed by atoms with E-state index in [1.165, 1.54) is 80.0 Å². The number of rotatable bonds is 9. The highest BCUT2D eigenvalue weighted by Crippen LogP contribution is 2.37. The molecule has 0 heteroatoms. The summed E-state index contributed by atoms with van der Waals surface area (Å²) < 4.78 is 0. The molecule has 0 saturated heterocycles. The van der Waals surface area contributed by atoms with Crippen molar-refractivity contribution in [2.45, 2.75) is 70.6 Å². The van der Waals surface area contributed by atoms with Crippen LogP contribution >= 0.6 is 0 Å². The Labute approximate surface area is 172 Å². The molecule has 148 valence electrons. The third kappa shape index (κ3) is 5.96. The fraction of sp³-hybridized carbons (Fsp3) is 0.429. The third-order valence-corrected chi connectivity index (χ3v) is 6.33. The minimum atomic E-state index is 0.745. The Bertz CT molecular complexity index is 725. The highest BCUT2D eigenvalue weighted by molar-refractivity contribution is 5.64. The zero-order valence-electron chi connectivity index (χ0n) is 17.6. The molecule has 1 fully saturated rings. The Kier molecular flexibility index (Phi) is 8.15. The number of benzene rings is 2. The van der Waals surface area contributed by atoms with Crippen molar-refractivity contribution in [3.05, 3.63) is 84.5 Å². The van der Waals surface area contributed by atoms with Gasteiger partial charge in [0, 0.05) is 0 Å². The summed E-state index contributed by atoms with van der Waals surface area (Å²) in [7, 11) is 0. The van der Waals surface area contributed by atoms with E-state index in [4.69, 9.17) is 0 Å². The summed E-state index contributed by atoms with van der Waals surface area (Å²) in [4.78, 5) is 0. The quantitative estimate of drug-likeness (QED) is 0.306. The van der Waals surface area contributed by atoms with E-state index in [-0.39, 0.29) is 0 Å². The van der Waals surface area contributed by atoms with Gasteiger partial charge < -0.3 is 0 Å². The SMILES string of the molecule is C=CC=CCC1CCC(c2ccc(-c3ccc(CCCCC)cc3)cc2)CC1. The van der Waals surface area contributed by atoms with Crippen molar-refractivity contribution in [2.24, 2.45) is 5.92 Å². The van der Waals surface area contributed by atoms with Crippen LogP contribution in [0.3, 0.4) is 0 Å². The first-order valence-electron chi connectivity index (χ1n) is 11.3. The van der Waals surface area contributed by atoms with Crippen LogP contribution in [0, 0.1) is 5.92 Å². The van der Waals surface area contributed by atoms with E-state index in [0.29, 0.717) is 0 Å². The van der Waals surface area contributed by atoms with E-state index in [2.05, 4.69) is 74.2 Å². The molecule has 0 bridgehead atoms. The Balaban J connectivity index is 1.54. The Hall–Kier alpha value is -2.08. The molecule has 0 aliphatic heterocycles. The predicted molar refractivity (Wildman–Crippen MR) is 124 cm³/mol. The molecule has 0 heterocycles. The zero-order valence-corrected chi connectivity index (χ0v) is 17.6. The van der Waals surface area contributed by atoms with Gasteiger partial charge in [-0.2, -0.15) is 0 Å². The summed E-state index contributed by atoms with van der Waals surface area (Å²) >= 11 is 0. The second-order valence-electron chi connectivity index (χ2n) is 8.39. The molecule has 0 atom stereocenters. The molecule has 0 amide bonds. The maximum atomic E-state index is 3.76. The highest BCUT2D eigenvalue weighted by atomic mass is 14.3. The van der Waals surface area contributed by atoms with Crippen molar-refractivity contribution in [2.75, 3.05) is 0 Å². The molecule has 1 aliphatic rings. The van der Waals surface area contributed by atoms with E-state index < -0.39 is 0 Å². The average Bonchev–Trinajstić information content (AvgIpc) is 2.75. The van der Waals surface area contributed by atoms with Gasteiger partial charge in [0.1, 0.15) is 0 Å². The van der Waals surface area contributed by atoms with Gasteiger partial charge in [-0.05, 0) is 79.0 Å². The lowest BCUT2D eigenvalue weighted by Gasteiger charge is -2.28. The molecule has 0 N–H and O–H groups in total. The maximum Gasteiger partial charge on any atom is -0.0162 e. The molecule has 1 aliphatic carbocycles. The van der Waals surface area contributed by atoms with Crippen LogP contribution < -0.4 is 0 Å². The highest BCUT2D eigenvalue weighted by Gasteiger charge is 2.21. The van der Waals surface area contributed by atoms with E-state index in [1.54, 1.807) is 0 Å². The molecule has 0 aromatic heterocycles. The van der Waals surface area contributed by atoms with Gasteiger partial charge in [-0.25, -0.2) is 0 Å². The topological polar surface area (TPSA) is 0 Å². The molecule has 2 aromatic rings. The summed E-state index contributed by atoms with van der Waals surface area (Å²) in [5, 5.41) is 0. The molecule has 1 saturated carbocycles. The van der Waals surface area contributed by atoms with Crippen LogP contribution in [0.4, 0.5) is 0 Å². The van der Waals surface area contributed by atoms with Crippen LogP contribution in [-0.4, -0.2) is 0 Å². The lowest BCUT2D eigenvalue weighted by atomic mass is 9.77. The lowest BCUT2D eigenvalue weighted by Crippen LogP contribution is -2.12. The van der Waals surface area contributed by atoms with Crippen molar-refractivity contribution >= 4 is 0 Å². The van der Waals surface area contributed by atoms with E-state index in [9.17, 15) is 0 Å². The molecule has 28 heavy (non-hydrogen) atoms. The lowest BCUT2D eigenvalue weighted by molar-refractivity contribution is 0.328. The first-order valence-corrected chi connectivity index (χ1v) is 11.3. The Morgan fingerprint density at radius 2 is 1.50 bits per heavy atom. The van der Waals surface area contributed by atoms with Gasteiger partial charge in [0.05, 0.1) is 0 Å². The molecular formula is C28H36. The van der Waals surface area contributed by atoms with Crippen molar-refractivity contribution < 1.29 is 0 Å². The van der Waals surface area contributed by atoms with Gasteiger partial charge in [0.25, 0.3) is 0 Å². The van der Waals surface area contributed by atoms with Gasteiger partial charge in [-0.3, -0.25) is 0 Å². The fourth-order valence-electron chi connectivity index (χ4n) is 4.49. The first-order chi connectivity index (χ1) is 13.8. The van der Waals surface area contributed by atoms with Crippen molar-refractivity contribution in [3.63, 3.8) is 0 Å². The van der Waals surface area contributed by atoms with E-state index in [1.807, 2.05) is 6.08 Å². The summed E-state index contributed by atoms with van der Waals surface area (Å²) in [6.45, 7) is 6.02. The number of hydrogen-bond donors (Lipinski definition) is 0. The largest absolute Gasteiger partial charge is 0.0991 e. The van der Waals surface area contributed by atoms with Crippen molar-refractivity contribution in [3.8, 4) is 11.1 Å². The Morgan fingerprint density at radius 1 is 0.857 bits per heavy atom. The van der Waals surface area contributed by atoms with Crippen LogP contribution in [0.25, 0.3) is 11.1 Å². The van der Waals surface area contributed by atoms with Crippen LogP contribution in [0.1, 0.15) is 75.3 Å². The summed E-state index contributed by atoms with van der Waals surface area (Å²) in [5.74, 6) is 1.61. The molecule has 0 radical (unpaired) electrons. The molecular weight excluding hydrogens is 336 g/mol. The van der Waals surface area contributed by atoms with Gasteiger partial charge in [-0.1, -0.05) is 93.1 Å². The minimum absolute atomic E-state index is 0.745. The standard InChI is InChI=1S/C28H36/c1-3-5-7-9-23-11-15-25(16-12-23)27-19-21-28(22-20-27)26-17-13-24(14-18-26)10-8-6-4-2/h3,5,7,13-14,17-23,25H,1,4,6,8-12,15-16H2,2H3. The molecule has 0 nitrogen and oxygen atoms in total. The second-order valence-corrected chi connectivity index (χ2v) is 8.39. The first kappa shape index (κ1) is 20.6. The van der Waals surface area contributed by atoms with E-state index in [0.717, 1.165) is 11.8 Å². The zero-order chi connectivity index (χ0) is 19.6. The molecule has 0 spiro atoms. The normalized spacial score (nSPS) is 19.8. The number of unbranched alkanes of at least 4 members (excludes halogenated alkanes) is 2. The van der Waals surface area contributed by atoms with E-state index >= 15 is 0 Å². The third-order valence-electron chi connectivity index (χ3n) is 6.33. The predicted octanol–water partition coefficient (Wildman–Crippen LogP) is 8.49. The second kappa shape index (κ2) is 11.1. The smallest absolute Gasteiger partial charge is 0.0162 e. The summed E-state index contributed by atoms with van der Waals surface area (Å²) in [5.41, 5.74) is 5.67. The van der Waals surface area contributed by atoms with Crippen LogP contribution in [0.15, 0.2) is 73.3 Å². The van der Waals surface area contributed by atoms with Crippen LogP contribution in [-0.2, 0) is 6.42 Å².